The molecule has 1 aromatic carbocycles. The summed E-state index contributed by atoms with van der Waals surface area (Å²) in [5, 5.41) is 4.03. The number of benzene rings is 1. The Hall–Kier alpha value is -0.580. The summed E-state index contributed by atoms with van der Waals surface area (Å²) in [6, 6.07) is 5.54. The van der Waals surface area contributed by atoms with Crippen molar-refractivity contribution in [3.8, 4) is 0 Å². The van der Waals surface area contributed by atoms with E-state index in [1.54, 1.807) is 18.2 Å². The second kappa shape index (κ2) is 7.12. The van der Waals surface area contributed by atoms with Crippen LogP contribution in [0.2, 0.25) is 5.02 Å². The van der Waals surface area contributed by atoms with Crippen LogP contribution in [0.25, 0.3) is 0 Å². The first-order chi connectivity index (χ1) is 9.91. The monoisotopic (exact) mass is 329 g/mol. The predicted octanol–water partition coefficient (Wildman–Crippen LogP) is 3.80. The van der Waals surface area contributed by atoms with E-state index in [1.165, 1.54) is 31.9 Å². The van der Waals surface area contributed by atoms with Crippen LogP contribution in [0.5, 0.6) is 0 Å². The third kappa shape index (κ3) is 4.44. The normalized spacial score (nSPS) is 23.2. The lowest BCUT2D eigenvalue weighted by Gasteiger charge is -2.29. The number of halogens is 1. The molecule has 5 heteroatoms. The summed E-state index contributed by atoms with van der Waals surface area (Å²) in [7, 11) is -3.25. The lowest BCUT2D eigenvalue weighted by atomic mass is 9.84. The van der Waals surface area contributed by atoms with Crippen molar-refractivity contribution in [1.29, 1.82) is 0 Å². The molecule has 0 saturated heterocycles. The van der Waals surface area contributed by atoms with Crippen LogP contribution in [-0.4, -0.2) is 20.7 Å². The predicted molar refractivity (Wildman–Crippen MR) is 87.4 cm³/mol. The first-order valence-electron chi connectivity index (χ1n) is 7.62. The minimum atomic E-state index is -3.25. The van der Waals surface area contributed by atoms with E-state index < -0.39 is 9.84 Å². The van der Waals surface area contributed by atoms with E-state index in [0.717, 1.165) is 12.3 Å². The summed E-state index contributed by atoms with van der Waals surface area (Å²) >= 11 is 6.20. The number of sulfone groups is 1. The Morgan fingerprint density at radius 3 is 2.76 bits per heavy atom. The second-order valence-corrected chi connectivity index (χ2v) is 8.40. The molecule has 0 radical (unpaired) electrons. The lowest BCUT2D eigenvalue weighted by Crippen LogP contribution is -2.34. The van der Waals surface area contributed by atoms with Gasteiger partial charge in [-0.15, -0.1) is 0 Å². The smallest absolute Gasteiger partial charge is 0.175 e. The van der Waals surface area contributed by atoms with Crippen molar-refractivity contribution in [2.75, 3.05) is 6.26 Å². The Morgan fingerprint density at radius 2 is 2.10 bits per heavy atom. The molecular formula is C16H24ClNO2S. The SMILES string of the molecule is CCC1CCCC(NCc2c(Cl)cccc2S(C)(=O)=O)C1. The first-order valence-corrected chi connectivity index (χ1v) is 9.89. The van der Waals surface area contributed by atoms with E-state index in [2.05, 4.69) is 12.2 Å². The molecule has 0 aromatic heterocycles. The van der Waals surface area contributed by atoms with Crippen molar-refractivity contribution in [3.63, 3.8) is 0 Å². The van der Waals surface area contributed by atoms with Gasteiger partial charge in [0.1, 0.15) is 0 Å². The summed E-state index contributed by atoms with van der Waals surface area (Å²) in [5.41, 5.74) is 0.695. The van der Waals surface area contributed by atoms with Crippen LogP contribution in [-0.2, 0) is 16.4 Å². The van der Waals surface area contributed by atoms with Crippen molar-refractivity contribution in [3.05, 3.63) is 28.8 Å². The molecule has 3 nitrogen and oxygen atoms in total. The van der Waals surface area contributed by atoms with Gasteiger partial charge in [-0.05, 0) is 30.9 Å². The molecule has 0 aliphatic heterocycles. The van der Waals surface area contributed by atoms with E-state index in [0.29, 0.717) is 28.1 Å². The molecule has 21 heavy (non-hydrogen) atoms. The molecule has 2 unspecified atom stereocenters. The largest absolute Gasteiger partial charge is 0.310 e. The Labute approximate surface area is 133 Å². The fourth-order valence-corrected chi connectivity index (χ4v) is 4.40. The van der Waals surface area contributed by atoms with Gasteiger partial charge in [0.15, 0.2) is 9.84 Å². The van der Waals surface area contributed by atoms with Crippen LogP contribution in [0.3, 0.4) is 0 Å². The molecule has 0 heterocycles. The zero-order valence-electron chi connectivity index (χ0n) is 12.7. The van der Waals surface area contributed by atoms with Crippen LogP contribution < -0.4 is 5.32 Å². The Kier molecular flexibility index (Phi) is 5.69. The number of rotatable bonds is 5. The zero-order valence-corrected chi connectivity index (χ0v) is 14.3. The highest BCUT2D eigenvalue weighted by Crippen LogP contribution is 2.28. The van der Waals surface area contributed by atoms with Gasteiger partial charge in [-0.3, -0.25) is 0 Å². The maximum Gasteiger partial charge on any atom is 0.175 e. The van der Waals surface area contributed by atoms with Gasteiger partial charge in [0.25, 0.3) is 0 Å². The van der Waals surface area contributed by atoms with E-state index in [-0.39, 0.29) is 0 Å². The van der Waals surface area contributed by atoms with Gasteiger partial charge in [0.2, 0.25) is 0 Å². The lowest BCUT2D eigenvalue weighted by molar-refractivity contribution is 0.278. The Bertz CT molecular complexity index is 586. The Balaban J connectivity index is 2.10. The van der Waals surface area contributed by atoms with E-state index in [4.69, 9.17) is 11.6 Å². The summed E-state index contributed by atoms with van der Waals surface area (Å²) in [6.45, 7) is 2.76. The van der Waals surface area contributed by atoms with Gasteiger partial charge >= 0.3 is 0 Å². The molecule has 118 valence electrons. The summed E-state index contributed by atoms with van der Waals surface area (Å²) in [5.74, 6) is 0.789. The molecule has 1 saturated carbocycles. The second-order valence-electron chi connectivity index (χ2n) is 6.01. The average Bonchev–Trinajstić information content (AvgIpc) is 2.45. The summed E-state index contributed by atoms with van der Waals surface area (Å²) < 4.78 is 23.7. The minimum absolute atomic E-state index is 0.338. The maximum atomic E-state index is 11.9. The highest BCUT2D eigenvalue weighted by Gasteiger charge is 2.22. The van der Waals surface area contributed by atoms with E-state index in [1.807, 2.05) is 0 Å². The fourth-order valence-electron chi connectivity index (χ4n) is 3.15. The minimum Gasteiger partial charge on any atom is -0.310 e. The Morgan fingerprint density at radius 1 is 1.33 bits per heavy atom. The molecule has 2 atom stereocenters. The van der Waals surface area contributed by atoms with Crippen molar-refractivity contribution in [2.24, 2.45) is 5.92 Å². The van der Waals surface area contributed by atoms with E-state index >= 15 is 0 Å². The highest BCUT2D eigenvalue weighted by atomic mass is 35.5. The van der Waals surface area contributed by atoms with Crippen LogP contribution in [0.4, 0.5) is 0 Å². The maximum absolute atomic E-state index is 11.9. The molecule has 1 aliphatic rings. The quantitative estimate of drug-likeness (QED) is 0.893. The van der Waals surface area contributed by atoms with Crippen molar-refractivity contribution in [1.82, 2.24) is 5.32 Å². The molecule has 1 N–H and O–H groups in total. The molecule has 0 amide bonds. The van der Waals surface area contributed by atoms with Gasteiger partial charge in [-0.25, -0.2) is 8.42 Å². The third-order valence-electron chi connectivity index (χ3n) is 4.40. The number of hydrogen-bond acceptors (Lipinski definition) is 3. The first kappa shape index (κ1) is 16.8. The molecule has 1 aliphatic carbocycles. The van der Waals surface area contributed by atoms with Crippen molar-refractivity contribution in [2.45, 2.75) is 56.5 Å². The fraction of sp³-hybridized carbons (Fsp3) is 0.625. The van der Waals surface area contributed by atoms with Gasteiger partial charge in [0, 0.05) is 29.4 Å². The van der Waals surface area contributed by atoms with Crippen LogP contribution in [0.15, 0.2) is 23.1 Å². The molecule has 0 spiro atoms. The van der Waals surface area contributed by atoms with Crippen LogP contribution >= 0.6 is 11.6 Å². The number of nitrogens with one attached hydrogen (secondary N) is 1. The van der Waals surface area contributed by atoms with Crippen LogP contribution in [0, 0.1) is 5.92 Å². The topological polar surface area (TPSA) is 46.2 Å². The molecule has 2 rings (SSSR count). The van der Waals surface area contributed by atoms with Crippen molar-refractivity contribution >= 4 is 21.4 Å². The van der Waals surface area contributed by atoms with Gasteiger partial charge < -0.3 is 5.32 Å². The highest BCUT2D eigenvalue weighted by molar-refractivity contribution is 7.90. The van der Waals surface area contributed by atoms with Crippen molar-refractivity contribution < 1.29 is 8.42 Å². The van der Waals surface area contributed by atoms with Crippen LogP contribution in [0.1, 0.15) is 44.6 Å². The number of hydrogen-bond donors (Lipinski definition) is 1. The molecule has 1 aromatic rings. The third-order valence-corrected chi connectivity index (χ3v) is 5.94. The standard InChI is InChI=1S/C16H24ClNO2S/c1-3-12-6-4-7-13(10-12)18-11-14-15(17)8-5-9-16(14)21(2,19)20/h5,8-9,12-13,18H,3-4,6-7,10-11H2,1-2H3. The summed E-state index contributed by atoms with van der Waals surface area (Å²) in [6.07, 6.45) is 7.35. The average molecular weight is 330 g/mol. The molecule has 1 fully saturated rings. The molecular weight excluding hydrogens is 306 g/mol. The molecule has 0 bridgehead atoms. The van der Waals surface area contributed by atoms with Gasteiger partial charge in [0.05, 0.1) is 4.90 Å². The summed E-state index contributed by atoms with van der Waals surface area (Å²) in [4.78, 5) is 0.338. The zero-order chi connectivity index (χ0) is 15.5. The van der Waals surface area contributed by atoms with Gasteiger partial charge in [-0.2, -0.15) is 0 Å². The van der Waals surface area contributed by atoms with Gasteiger partial charge in [-0.1, -0.05) is 43.9 Å². The van der Waals surface area contributed by atoms with E-state index in [9.17, 15) is 8.42 Å².